The topological polar surface area (TPSA) is 89.2 Å². The summed E-state index contributed by atoms with van der Waals surface area (Å²) in [5.74, 6) is 1.78. The first-order chi connectivity index (χ1) is 13.6. The second kappa shape index (κ2) is 9.12. The highest BCUT2D eigenvalue weighted by Crippen LogP contribution is 2.29. The first kappa shape index (κ1) is 19.5. The molecule has 7 heteroatoms. The van der Waals surface area contributed by atoms with E-state index in [4.69, 9.17) is 15.2 Å². The van der Waals surface area contributed by atoms with Gasteiger partial charge in [-0.05, 0) is 29.7 Å². The first-order valence-electron chi connectivity index (χ1n) is 9.24. The molecule has 1 heterocycles. The molecule has 1 aliphatic rings. The van der Waals surface area contributed by atoms with Crippen molar-refractivity contribution in [3.8, 4) is 11.5 Å². The lowest BCUT2D eigenvalue weighted by molar-refractivity contribution is -0.128. The van der Waals surface area contributed by atoms with Crippen LogP contribution in [-0.4, -0.2) is 37.5 Å². The fourth-order valence-corrected chi connectivity index (χ4v) is 3.21. The first-order valence-corrected chi connectivity index (χ1v) is 9.24. The number of rotatable bonds is 7. The summed E-state index contributed by atoms with van der Waals surface area (Å²) in [6, 6.07) is 13.4. The van der Waals surface area contributed by atoms with Crippen LogP contribution < -0.4 is 20.5 Å². The number of nitrogens with one attached hydrogen (secondary N) is 1. The minimum Gasteiger partial charge on any atom is -0.493 e. The van der Waals surface area contributed by atoms with Gasteiger partial charge in [-0.1, -0.05) is 24.3 Å². The highest BCUT2D eigenvalue weighted by Gasteiger charge is 2.20. The molecule has 28 heavy (non-hydrogen) atoms. The van der Waals surface area contributed by atoms with E-state index in [9.17, 15) is 4.79 Å². The highest BCUT2D eigenvalue weighted by atomic mass is 16.5. The molecule has 1 fully saturated rings. The Morgan fingerprint density at radius 2 is 1.89 bits per heavy atom. The Morgan fingerprint density at radius 3 is 2.57 bits per heavy atom. The monoisotopic (exact) mass is 382 g/mol. The van der Waals surface area contributed by atoms with Gasteiger partial charge < -0.3 is 25.4 Å². The molecule has 0 atom stereocenters. The zero-order valence-electron chi connectivity index (χ0n) is 16.3. The van der Waals surface area contributed by atoms with E-state index in [0.717, 1.165) is 29.8 Å². The molecule has 0 bridgehead atoms. The maximum absolute atomic E-state index is 11.9. The number of methoxy groups -OCH3 is 2. The summed E-state index contributed by atoms with van der Waals surface area (Å²) in [5.41, 5.74) is 8.97. The van der Waals surface area contributed by atoms with Crippen LogP contribution in [0, 0.1) is 0 Å². The Bertz CT molecular complexity index is 866. The number of amides is 1. The third-order valence-corrected chi connectivity index (χ3v) is 4.73. The Hall–Kier alpha value is -3.22. The number of carbonyl (C=O) groups is 1. The molecule has 2 aromatic rings. The summed E-state index contributed by atoms with van der Waals surface area (Å²) in [6.07, 6.45) is 1.57. The van der Waals surface area contributed by atoms with E-state index in [1.165, 1.54) is 0 Å². The van der Waals surface area contributed by atoms with Crippen molar-refractivity contribution >= 4 is 17.6 Å². The molecule has 2 aromatic carbocycles. The molecule has 0 spiro atoms. The number of guanidine groups is 1. The Kier molecular flexibility index (Phi) is 6.37. The molecule has 0 aromatic heterocycles. The molecule has 0 saturated carbocycles. The Balaban J connectivity index is 1.67. The minimum absolute atomic E-state index is 0.216. The van der Waals surface area contributed by atoms with E-state index in [0.29, 0.717) is 37.0 Å². The molecule has 0 aliphatic carbocycles. The maximum Gasteiger partial charge on any atom is 0.222 e. The van der Waals surface area contributed by atoms with Crippen LogP contribution >= 0.6 is 0 Å². The van der Waals surface area contributed by atoms with E-state index < -0.39 is 0 Å². The van der Waals surface area contributed by atoms with Crippen molar-refractivity contribution in [2.75, 3.05) is 26.1 Å². The third kappa shape index (κ3) is 4.73. The second-order valence-corrected chi connectivity index (χ2v) is 6.58. The predicted molar refractivity (Wildman–Crippen MR) is 110 cm³/mol. The predicted octanol–water partition coefficient (Wildman–Crippen LogP) is 2.75. The van der Waals surface area contributed by atoms with Crippen molar-refractivity contribution in [3.05, 3.63) is 53.6 Å². The molecular formula is C21H26N4O3. The van der Waals surface area contributed by atoms with Crippen LogP contribution in [0.5, 0.6) is 11.5 Å². The Morgan fingerprint density at radius 1 is 1.14 bits per heavy atom. The van der Waals surface area contributed by atoms with Crippen LogP contribution in [0.3, 0.4) is 0 Å². The zero-order chi connectivity index (χ0) is 19.9. The number of anilines is 1. The number of nitrogens with two attached hydrogens (primary N) is 1. The molecule has 1 aliphatic heterocycles. The number of carbonyl (C=O) groups excluding carboxylic acids is 1. The van der Waals surface area contributed by atoms with Crippen LogP contribution in [0.15, 0.2) is 47.5 Å². The quantitative estimate of drug-likeness (QED) is 0.568. The van der Waals surface area contributed by atoms with Gasteiger partial charge >= 0.3 is 0 Å². The highest BCUT2D eigenvalue weighted by molar-refractivity contribution is 5.92. The fraction of sp³-hybridized carbons (Fsp3) is 0.333. The van der Waals surface area contributed by atoms with Crippen molar-refractivity contribution in [1.82, 2.24) is 4.90 Å². The SMILES string of the molecule is COc1ccc(NC(N)=NCc2ccccc2CN2CCCC2=O)cc1OC. The average Bonchev–Trinajstić information content (AvgIpc) is 3.11. The van der Waals surface area contributed by atoms with Crippen molar-refractivity contribution in [1.29, 1.82) is 0 Å². The van der Waals surface area contributed by atoms with Crippen LogP contribution in [0.2, 0.25) is 0 Å². The number of benzene rings is 2. The number of nitrogens with zero attached hydrogens (tertiary/aromatic N) is 2. The number of hydrogen-bond donors (Lipinski definition) is 2. The minimum atomic E-state index is 0.216. The number of likely N-dealkylation sites (tertiary alicyclic amines) is 1. The van der Waals surface area contributed by atoms with E-state index in [-0.39, 0.29) is 5.91 Å². The smallest absolute Gasteiger partial charge is 0.222 e. The summed E-state index contributed by atoms with van der Waals surface area (Å²) >= 11 is 0. The van der Waals surface area contributed by atoms with Gasteiger partial charge in [0.2, 0.25) is 5.91 Å². The normalized spacial score (nSPS) is 14.3. The van der Waals surface area contributed by atoms with Gasteiger partial charge in [-0.2, -0.15) is 0 Å². The van der Waals surface area contributed by atoms with Gasteiger partial charge in [-0.3, -0.25) is 4.79 Å². The number of hydrogen-bond acceptors (Lipinski definition) is 4. The zero-order valence-corrected chi connectivity index (χ0v) is 16.3. The molecule has 1 saturated heterocycles. The third-order valence-electron chi connectivity index (χ3n) is 4.73. The lowest BCUT2D eigenvalue weighted by atomic mass is 10.1. The molecule has 3 N–H and O–H groups in total. The molecule has 7 nitrogen and oxygen atoms in total. The molecule has 148 valence electrons. The molecule has 1 amide bonds. The Labute approximate surface area is 165 Å². The standard InChI is InChI=1S/C21H26N4O3/c1-27-18-10-9-17(12-19(18)28-2)24-21(22)23-13-15-6-3-4-7-16(15)14-25-11-5-8-20(25)26/h3-4,6-7,9-10,12H,5,8,11,13-14H2,1-2H3,(H3,22,23,24). The van der Waals surface area contributed by atoms with Crippen molar-refractivity contribution < 1.29 is 14.3 Å². The van der Waals surface area contributed by atoms with Crippen LogP contribution in [0.1, 0.15) is 24.0 Å². The van der Waals surface area contributed by atoms with Crippen LogP contribution in [-0.2, 0) is 17.9 Å². The lowest BCUT2D eigenvalue weighted by Gasteiger charge is -2.17. The fourth-order valence-electron chi connectivity index (χ4n) is 3.21. The van der Waals surface area contributed by atoms with Crippen molar-refractivity contribution in [2.24, 2.45) is 10.7 Å². The van der Waals surface area contributed by atoms with E-state index >= 15 is 0 Å². The van der Waals surface area contributed by atoms with Gasteiger partial charge in [-0.15, -0.1) is 0 Å². The van der Waals surface area contributed by atoms with Gasteiger partial charge in [0.05, 0.1) is 20.8 Å². The van der Waals surface area contributed by atoms with Gasteiger partial charge in [0.25, 0.3) is 0 Å². The summed E-state index contributed by atoms with van der Waals surface area (Å²) in [7, 11) is 3.18. The average molecular weight is 382 g/mol. The summed E-state index contributed by atoms with van der Waals surface area (Å²) in [5, 5.41) is 3.07. The molecule has 0 radical (unpaired) electrons. The molecular weight excluding hydrogens is 356 g/mol. The molecule has 0 unspecified atom stereocenters. The van der Waals surface area contributed by atoms with Crippen molar-refractivity contribution in [2.45, 2.75) is 25.9 Å². The van der Waals surface area contributed by atoms with Gasteiger partial charge in [0.15, 0.2) is 17.5 Å². The molecule has 3 rings (SSSR count). The van der Waals surface area contributed by atoms with E-state index in [1.807, 2.05) is 35.2 Å². The van der Waals surface area contributed by atoms with Gasteiger partial charge in [-0.25, -0.2) is 4.99 Å². The van der Waals surface area contributed by atoms with Crippen LogP contribution in [0.4, 0.5) is 5.69 Å². The number of aliphatic imine (C=N–C) groups is 1. The summed E-state index contributed by atoms with van der Waals surface area (Å²) in [6.45, 7) is 1.87. The van der Waals surface area contributed by atoms with Gasteiger partial charge in [0, 0.05) is 31.3 Å². The summed E-state index contributed by atoms with van der Waals surface area (Å²) in [4.78, 5) is 18.3. The van der Waals surface area contributed by atoms with E-state index in [1.54, 1.807) is 26.4 Å². The van der Waals surface area contributed by atoms with E-state index in [2.05, 4.69) is 10.3 Å². The number of ether oxygens (including phenoxy) is 2. The van der Waals surface area contributed by atoms with Gasteiger partial charge in [0.1, 0.15) is 0 Å². The van der Waals surface area contributed by atoms with Crippen molar-refractivity contribution in [3.63, 3.8) is 0 Å². The second-order valence-electron chi connectivity index (χ2n) is 6.58. The summed E-state index contributed by atoms with van der Waals surface area (Å²) < 4.78 is 10.5. The largest absolute Gasteiger partial charge is 0.493 e. The van der Waals surface area contributed by atoms with Crippen LogP contribution in [0.25, 0.3) is 0 Å². The maximum atomic E-state index is 11.9. The lowest BCUT2D eigenvalue weighted by Crippen LogP contribution is -2.25.